The Morgan fingerprint density at radius 3 is 2.61 bits per heavy atom. The minimum atomic E-state index is -4.62. The summed E-state index contributed by atoms with van der Waals surface area (Å²) in [5.41, 5.74) is 0. The maximum Gasteiger partial charge on any atom is 0.451 e. The number of nitrogens with zero attached hydrogens (tertiary/aromatic N) is 2. The summed E-state index contributed by atoms with van der Waals surface area (Å²) < 4.78 is 42.5. The Morgan fingerprint density at radius 1 is 1.33 bits per heavy atom. The largest absolute Gasteiger partial charge is 0.468 e. The summed E-state index contributed by atoms with van der Waals surface area (Å²) in [6.45, 7) is 1.70. The Bertz CT molecular complexity index is 570. The highest BCUT2D eigenvalue weighted by Gasteiger charge is 2.35. The van der Waals surface area contributed by atoms with Crippen LogP contribution in [-0.2, 0) is 6.18 Å². The van der Waals surface area contributed by atoms with E-state index >= 15 is 0 Å². The van der Waals surface area contributed by atoms with E-state index < -0.39 is 12.0 Å². The number of furan rings is 1. The molecule has 0 bridgehead atoms. The summed E-state index contributed by atoms with van der Waals surface area (Å²) in [5.74, 6) is -0.651. The Labute approximate surface area is 109 Å². The molecule has 8 heteroatoms. The highest BCUT2D eigenvalue weighted by Crippen LogP contribution is 2.33. The van der Waals surface area contributed by atoms with Crippen LogP contribution in [0.4, 0.5) is 13.2 Å². The Kier molecular flexibility index (Phi) is 3.54. The molecule has 0 aliphatic carbocycles. The molecule has 3 nitrogen and oxygen atoms in total. The second-order valence-corrected chi connectivity index (χ2v) is 4.74. The first-order valence-corrected chi connectivity index (χ1v) is 5.89. The number of aromatic nitrogens is 2. The van der Waals surface area contributed by atoms with E-state index in [1.807, 2.05) is 0 Å². The van der Waals surface area contributed by atoms with Gasteiger partial charge in [0.05, 0.1) is 11.2 Å². The van der Waals surface area contributed by atoms with Gasteiger partial charge in [0.2, 0.25) is 5.82 Å². The molecular weight excluding hydrogens is 289 g/mol. The molecule has 2 aromatic rings. The van der Waals surface area contributed by atoms with Crippen molar-refractivity contribution in [2.45, 2.75) is 23.0 Å². The molecule has 0 atom stereocenters. The average Bonchev–Trinajstić information content (AvgIpc) is 2.62. The van der Waals surface area contributed by atoms with E-state index in [0.717, 1.165) is 11.8 Å². The summed E-state index contributed by atoms with van der Waals surface area (Å²) in [7, 11) is 0. The molecule has 0 aromatic carbocycles. The third kappa shape index (κ3) is 2.97. The topological polar surface area (TPSA) is 38.9 Å². The van der Waals surface area contributed by atoms with Crippen LogP contribution in [-0.4, -0.2) is 9.97 Å². The predicted octanol–water partition coefficient (Wildman–Crippen LogP) is 4.20. The normalized spacial score (nSPS) is 11.8. The van der Waals surface area contributed by atoms with E-state index in [9.17, 15) is 13.2 Å². The van der Waals surface area contributed by atoms with Gasteiger partial charge in [-0.25, -0.2) is 9.97 Å². The van der Waals surface area contributed by atoms with Crippen LogP contribution in [0.25, 0.3) is 0 Å². The van der Waals surface area contributed by atoms with Crippen molar-refractivity contribution in [1.82, 2.24) is 9.97 Å². The number of hydrogen-bond acceptors (Lipinski definition) is 4. The van der Waals surface area contributed by atoms with Gasteiger partial charge in [-0.2, -0.15) is 13.2 Å². The van der Waals surface area contributed by atoms with Gasteiger partial charge in [0.15, 0.2) is 0 Å². The molecule has 0 fully saturated rings. The monoisotopic (exact) mass is 294 g/mol. The maximum atomic E-state index is 12.5. The number of hydrogen-bond donors (Lipinski definition) is 0. The summed E-state index contributed by atoms with van der Waals surface area (Å²) in [6, 6.07) is 2.91. The van der Waals surface area contributed by atoms with Crippen LogP contribution in [0, 0.1) is 6.92 Å². The van der Waals surface area contributed by atoms with Crippen molar-refractivity contribution in [2.24, 2.45) is 0 Å². The molecule has 0 amide bonds. The minimum absolute atomic E-state index is 0.117. The van der Waals surface area contributed by atoms with E-state index in [0.29, 0.717) is 10.7 Å². The smallest absolute Gasteiger partial charge is 0.451 e. The molecule has 0 saturated heterocycles. The van der Waals surface area contributed by atoms with Gasteiger partial charge in [-0.15, -0.1) is 0 Å². The maximum absolute atomic E-state index is 12.5. The molecule has 18 heavy (non-hydrogen) atoms. The number of aryl methyl sites for hydroxylation is 1. The quantitative estimate of drug-likeness (QED) is 0.778. The lowest BCUT2D eigenvalue weighted by molar-refractivity contribution is -0.145. The summed E-state index contributed by atoms with van der Waals surface area (Å²) >= 11 is 6.58. The third-order valence-corrected chi connectivity index (χ3v) is 3.21. The van der Waals surface area contributed by atoms with Crippen molar-refractivity contribution < 1.29 is 17.6 Å². The van der Waals surface area contributed by atoms with Crippen molar-refractivity contribution in [3.63, 3.8) is 0 Å². The van der Waals surface area contributed by atoms with Crippen LogP contribution in [0.1, 0.15) is 11.6 Å². The fourth-order valence-corrected chi connectivity index (χ4v) is 2.26. The molecule has 0 unspecified atom stereocenters. The van der Waals surface area contributed by atoms with Gasteiger partial charge in [0, 0.05) is 6.07 Å². The van der Waals surface area contributed by atoms with E-state index in [1.54, 1.807) is 13.0 Å². The molecule has 96 valence electrons. The zero-order valence-corrected chi connectivity index (χ0v) is 10.5. The molecule has 0 aliphatic heterocycles. The summed E-state index contributed by atoms with van der Waals surface area (Å²) in [4.78, 5) is 7.25. The van der Waals surface area contributed by atoms with Gasteiger partial charge in [-0.1, -0.05) is 23.4 Å². The molecule has 2 rings (SSSR count). The standard InChI is InChI=1S/C10H6ClF3N2OS/c1-5-6(2-3-17-5)18-8-4-7(11)15-9(16-8)10(12,13)14/h2-4H,1H3. The van der Waals surface area contributed by atoms with Crippen molar-refractivity contribution in [1.29, 1.82) is 0 Å². The number of halogens is 4. The van der Waals surface area contributed by atoms with Gasteiger partial charge in [0.25, 0.3) is 0 Å². The van der Waals surface area contributed by atoms with Crippen LogP contribution in [0.15, 0.2) is 32.7 Å². The lowest BCUT2D eigenvalue weighted by Gasteiger charge is -2.07. The molecule has 0 spiro atoms. The Morgan fingerprint density at radius 2 is 2.06 bits per heavy atom. The number of alkyl halides is 3. The molecule has 0 radical (unpaired) electrons. The average molecular weight is 295 g/mol. The summed E-state index contributed by atoms with van der Waals surface area (Å²) in [5, 5.41) is -0.132. The Balaban J connectivity index is 2.35. The van der Waals surface area contributed by atoms with Crippen molar-refractivity contribution in [2.75, 3.05) is 0 Å². The first-order chi connectivity index (χ1) is 8.36. The van der Waals surface area contributed by atoms with Crippen LogP contribution < -0.4 is 0 Å². The third-order valence-electron chi connectivity index (χ3n) is 1.95. The second kappa shape index (κ2) is 4.81. The zero-order valence-electron chi connectivity index (χ0n) is 8.95. The second-order valence-electron chi connectivity index (χ2n) is 3.29. The number of rotatable bonds is 2. The molecule has 2 aromatic heterocycles. The van der Waals surface area contributed by atoms with Crippen molar-refractivity contribution in [3.8, 4) is 0 Å². The van der Waals surface area contributed by atoms with Gasteiger partial charge < -0.3 is 4.42 Å². The summed E-state index contributed by atoms with van der Waals surface area (Å²) in [6.07, 6.45) is -3.17. The van der Waals surface area contributed by atoms with E-state index in [4.69, 9.17) is 16.0 Å². The lowest BCUT2D eigenvalue weighted by atomic mass is 10.5. The van der Waals surface area contributed by atoms with E-state index in [-0.39, 0.29) is 10.2 Å². The highest BCUT2D eigenvalue weighted by atomic mass is 35.5. The van der Waals surface area contributed by atoms with Crippen LogP contribution in [0.2, 0.25) is 5.15 Å². The van der Waals surface area contributed by atoms with E-state index in [1.165, 1.54) is 12.3 Å². The molecule has 0 saturated carbocycles. The lowest BCUT2D eigenvalue weighted by Crippen LogP contribution is -2.11. The SMILES string of the molecule is Cc1occc1Sc1cc(Cl)nc(C(F)(F)F)n1. The molecule has 0 N–H and O–H groups in total. The molecule has 2 heterocycles. The van der Waals surface area contributed by atoms with Crippen LogP contribution in [0.3, 0.4) is 0 Å². The first-order valence-electron chi connectivity index (χ1n) is 4.70. The van der Waals surface area contributed by atoms with Crippen LogP contribution in [0.5, 0.6) is 0 Å². The molecular formula is C10H6ClF3N2OS. The Hall–Kier alpha value is -1.21. The fraction of sp³-hybridized carbons (Fsp3) is 0.200. The fourth-order valence-electron chi connectivity index (χ4n) is 1.17. The van der Waals surface area contributed by atoms with Crippen molar-refractivity contribution in [3.05, 3.63) is 35.1 Å². The van der Waals surface area contributed by atoms with Gasteiger partial charge in [-0.05, 0) is 13.0 Å². The highest BCUT2D eigenvalue weighted by molar-refractivity contribution is 7.99. The van der Waals surface area contributed by atoms with Gasteiger partial charge in [0.1, 0.15) is 15.9 Å². The van der Waals surface area contributed by atoms with Gasteiger partial charge in [-0.3, -0.25) is 0 Å². The predicted molar refractivity (Wildman–Crippen MR) is 59.6 cm³/mol. The molecule has 0 aliphatic rings. The first kappa shape index (κ1) is 13.2. The van der Waals surface area contributed by atoms with Crippen LogP contribution >= 0.6 is 23.4 Å². The van der Waals surface area contributed by atoms with E-state index in [2.05, 4.69) is 9.97 Å². The minimum Gasteiger partial charge on any atom is -0.468 e. The van der Waals surface area contributed by atoms with Gasteiger partial charge >= 0.3 is 6.18 Å². The van der Waals surface area contributed by atoms with Crippen molar-refractivity contribution >= 4 is 23.4 Å². The zero-order chi connectivity index (χ0) is 13.3.